The molecule has 0 amide bonds. The number of nitrogens with zero attached hydrogens (tertiary/aromatic N) is 3. The van der Waals surface area contributed by atoms with Crippen LogP contribution in [-0.2, 0) is 6.42 Å². The van der Waals surface area contributed by atoms with Gasteiger partial charge in [0.25, 0.3) is 0 Å². The van der Waals surface area contributed by atoms with Crippen LogP contribution < -0.4 is 0 Å². The maximum Gasteiger partial charge on any atom is 0.161 e. The van der Waals surface area contributed by atoms with E-state index in [0.29, 0.717) is 5.82 Å². The molecule has 6 aromatic carbocycles. The van der Waals surface area contributed by atoms with Crippen LogP contribution in [0.15, 0.2) is 158 Å². The fraction of sp³-hybridized carbons (Fsp3) is 0.0444. The number of aromatic nitrogens is 3. The van der Waals surface area contributed by atoms with E-state index < -0.39 is 0 Å². The lowest BCUT2D eigenvalue weighted by molar-refractivity contribution is 0.992. The van der Waals surface area contributed by atoms with Gasteiger partial charge in [-0.15, -0.1) is 0 Å². The molecule has 0 saturated heterocycles. The second kappa shape index (κ2) is 11.9. The number of allylic oxidation sites excluding steroid dienone is 1. The minimum atomic E-state index is 0.713. The van der Waals surface area contributed by atoms with Gasteiger partial charge in [-0.25, -0.2) is 9.97 Å². The number of rotatable bonds is 5. The van der Waals surface area contributed by atoms with Crippen LogP contribution in [0, 0.1) is 0 Å². The summed E-state index contributed by atoms with van der Waals surface area (Å²) >= 11 is 0. The fourth-order valence-electron chi connectivity index (χ4n) is 7.06. The molecular weight excluding hydrogens is 583 g/mol. The zero-order valence-corrected chi connectivity index (χ0v) is 26.3. The molecule has 3 heteroatoms. The molecule has 0 unspecified atom stereocenters. The van der Waals surface area contributed by atoms with Gasteiger partial charge in [0.2, 0.25) is 0 Å². The standard InChI is InChI=1S/C45H31N3/c1-3-16-37-30(10-1)12-8-20-41(37)45-47-43(28-44(48-45)35-14-7-13-33(26-35)36-15-9-25-46-29-36)32-23-21-31(22-24-32)42-27-34-11-2-4-17-38(34)39-18-5-6-19-40(39)42/h1-5,7-18,20-29H,6,19H2. The maximum absolute atomic E-state index is 5.21. The van der Waals surface area contributed by atoms with Gasteiger partial charge in [0.15, 0.2) is 5.82 Å². The van der Waals surface area contributed by atoms with Crippen LogP contribution in [0.5, 0.6) is 0 Å². The molecule has 1 aliphatic rings. The first-order chi connectivity index (χ1) is 23.8. The number of benzene rings is 6. The predicted molar refractivity (Wildman–Crippen MR) is 199 cm³/mol. The smallest absolute Gasteiger partial charge is 0.161 e. The molecule has 0 radical (unpaired) electrons. The van der Waals surface area contributed by atoms with E-state index in [1.807, 2.05) is 12.3 Å². The third-order valence-electron chi connectivity index (χ3n) is 9.45. The fourth-order valence-corrected chi connectivity index (χ4v) is 7.06. The predicted octanol–water partition coefficient (Wildman–Crippen LogP) is 11.5. The van der Waals surface area contributed by atoms with Crippen molar-refractivity contribution in [2.45, 2.75) is 12.8 Å². The minimum absolute atomic E-state index is 0.713. The second-order valence-corrected chi connectivity index (χ2v) is 12.4. The van der Waals surface area contributed by atoms with Crippen molar-refractivity contribution in [3.05, 3.63) is 169 Å². The lowest BCUT2D eigenvalue weighted by Gasteiger charge is -2.19. The number of hydrogen-bond donors (Lipinski definition) is 0. The van der Waals surface area contributed by atoms with Crippen LogP contribution in [0.25, 0.3) is 83.8 Å². The van der Waals surface area contributed by atoms with E-state index in [9.17, 15) is 0 Å². The van der Waals surface area contributed by atoms with Gasteiger partial charge in [0.05, 0.1) is 11.4 Å². The lowest BCUT2D eigenvalue weighted by atomic mass is 9.85. The minimum Gasteiger partial charge on any atom is -0.264 e. The highest BCUT2D eigenvalue weighted by atomic mass is 14.9. The summed E-state index contributed by atoms with van der Waals surface area (Å²) in [6.07, 6.45) is 10.4. The van der Waals surface area contributed by atoms with E-state index >= 15 is 0 Å². The molecule has 3 nitrogen and oxygen atoms in total. The Kier molecular flexibility index (Phi) is 6.94. The SMILES string of the molecule is C1=Cc2c(c(-c3ccc(-c4cc(-c5cccc(-c6cccnc6)c5)nc(-c5cccc6ccccc56)n4)cc3)cc3ccccc23)CC1. The summed E-state index contributed by atoms with van der Waals surface area (Å²) in [5, 5.41) is 4.90. The van der Waals surface area contributed by atoms with Gasteiger partial charge >= 0.3 is 0 Å². The Bertz CT molecular complexity index is 2490. The Labute approximate surface area is 280 Å². The molecule has 0 N–H and O–H groups in total. The Morgan fingerprint density at radius 3 is 2.04 bits per heavy atom. The highest BCUT2D eigenvalue weighted by Gasteiger charge is 2.17. The number of hydrogen-bond acceptors (Lipinski definition) is 3. The van der Waals surface area contributed by atoms with Crippen LogP contribution in [0.3, 0.4) is 0 Å². The molecule has 0 spiro atoms. The van der Waals surface area contributed by atoms with Crippen molar-refractivity contribution < 1.29 is 0 Å². The van der Waals surface area contributed by atoms with Crippen molar-refractivity contribution in [1.29, 1.82) is 0 Å². The average molecular weight is 614 g/mol. The third kappa shape index (κ3) is 5.06. The zero-order valence-electron chi connectivity index (χ0n) is 26.3. The Morgan fingerprint density at radius 2 is 1.19 bits per heavy atom. The monoisotopic (exact) mass is 613 g/mol. The number of pyridine rings is 1. The summed E-state index contributed by atoms with van der Waals surface area (Å²) in [6.45, 7) is 0. The van der Waals surface area contributed by atoms with Crippen LogP contribution in [0.4, 0.5) is 0 Å². The molecule has 0 atom stereocenters. The van der Waals surface area contributed by atoms with E-state index in [4.69, 9.17) is 9.97 Å². The van der Waals surface area contributed by atoms with Gasteiger partial charge in [-0.05, 0) is 86.5 Å². The Hall–Kier alpha value is -6.19. The summed E-state index contributed by atoms with van der Waals surface area (Å²) in [4.78, 5) is 14.7. The maximum atomic E-state index is 5.21. The molecule has 48 heavy (non-hydrogen) atoms. The van der Waals surface area contributed by atoms with Gasteiger partial charge < -0.3 is 0 Å². The highest BCUT2D eigenvalue weighted by molar-refractivity contribution is 5.98. The van der Waals surface area contributed by atoms with Crippen LogP contribution in [0.1, 0.15) is 17.5 Å². The van der Waals surface area contributed by atoms with Gasteiger partial charge in [0, 0.05) is 34.6 Å². The van der Waals surface area contributed by atoms with E-state index in [2.05, 4.69) is 151 Å². The Morgan fingerprint density at radius 1 is 0.479 bits per heavy atom. The molecule has 2 heterocycles. The van der Waals surface area contributed by atoms with Crippen molar-refractivity contribution >= 4 is 27.6 Å². The molecule has 0 aliphatic heterocycles. The van der Waals surface area contributed by atoms with Gasteiger partial charge in [-0.2, -0.15) is 0 Å². The largest absolute Gasteiger partial charge is 0.264 e. The van der Waals surface area contributed by atoms with E-state index in [1.54, 1.807) is 6.20 Å². The van der Waals surface area contributed by atoms with E-state index in [0.717, 1.165) is 57.4 Å². The molecule has 9 rings (SSSR count). The Balaban J connectivity index is 1.18. The van der Waals surface area contributed by atoms with E-state index in [1.165, 1.54) is 38.4 Å². The van der Waals surface area contributed by atoms with Crippen LogP contribution in [-0.4, -0.2) is 15.0 Å². The van der Waals surface area contributed by atoms with Gasteiger partial charge in [-0.1, -0.05) is 127 Å². The highest BCUT2D eigenvalue weighted by Crippen LogP contribution is 2.38. The summed E-state index contributed by atoms with van der Waals surface area (Å²) in [5.41, 5.74) is 12.4. The number of fused-ring (bicyclic) bond motifs is 4. The van der Waals surface area contributed by atoms with Crippen LogP contribution >= 0.6 is 0 Å². The molecule has 2 aromatic heterocycles. The topological polar surface area (TPSA) is 38.7 Å². The van der Waals surface area contributed by atoms with Crippen molar-refractivity contribution in [3.63, 3.8) is 0 Å². The normalized spacial score (nSPS) is 12.3. The van der Waals surface area contributed by atoms with Crippen LogP contribution in [0.2, 0.25) is 0 Å². The first-order valence-corrected chi connectivity index (χ1v) is 16.5. The summed E-state index contributed by atoms with van der Waals surface area (Å²) in [6, 6.07) is 49.5. The molecule has 0 fully saturated rings. The molecule has 226 valence electrons. The van der Waals surface area contributed by atoms with Gasteiger partial charge in [-0.3, -0.25) is 4.98 Å². The van der Waals surface area contributed by atoms with E-state index in [-0.39, 0.29) is 0 Å². The van der Waals surface area contributed by atoms with Gasteiger partial charge in [0.1, 0.15) is 0 Å². The molecular formula is C45H31N3. The second-order valence-electron chi connectivity index (χ2n) is 12.4. The molecule has 0 bridgehead atoms. The molecule has 8 aromatic rings. The first kappa shape index (κ1) is 28.1. The summed E-state index contributed by atoms with van der Waals surface area (Å²) < 4.78 is 0. The van der Waals surface area contributed by atoms with Crippen molar-refractivity contribution in [2.75, 3.05) is 0 Å². The lowest BCUT2D eigenvalue weighted by Crippen LogP contribution is -1.99. The first-order valence-electron chi connectivity index (χ1n) is 16.5. The van der Waals surface area contributed by atoms with Crippen molar-refractivity contribution in [1.82, 2.24) is 15.0 Å². The summed E-state index contributed by atoms with van der Waals surface area (Å²) in [7, 11) is 0. The molecule has 0 saturated carbocycles. The zero-order chi connectivity index (χ0) is 31.9. The quantitative estimate of drug-likeness (QED) is 0.194. The summed E-state index contributed by atoms with van der Waals surface area (Å²) in [5.74, 6) is 0.713. The molecule has 1 aliphatic carbocycles. The average Bonchev–Trinajstić information content (AvgIpc) is 3.17. The van der Waals surface area contributed by atoms with Crippen molar-refractivity contribution in [2.24, 2.45) is 0 Å². The van der Waals surface area contributed by atoms with Crippen molar-refractivity contribution in [3.8, 4) is 56.2 Å². The third-order valence-corrected chi connectivity index (χ3v) is 9.45.